The normalized spacial score (nSPS) is 11.0. The quantitative estimate of drug-likeness (QED) is 0.597. The minimum atomic E-state index is -0.826. The maximum atomic E-state index is 10.7. The Hall–Kier alpha value is -0.827. The van der Waals surface area contributed by atoms with E-state index in [1.807, 2.05) is 31.2 Å². The van der Waals surface area contributed by atoms with Gasteiger partial charge >= 0.3 is 37.9 Å². The summed E-state index contributed by atoms with van der Waals surface area (Å²) in [6.45, 7) is 6.83. The van der Waals surface area contributed by atoms with Gasteiger partial charge in [-0.2, -0.15) is 0 Å². The summed E-state index contributed by atoms with van der Waals surface area (Å²) in [7, 11) is 11.5. The molecule has 0 radical (unpaired) electrons. The number of halogens is 2. The summed E-state index contributed by atoms with van der Waals surface area (Å²) >= 11 is -0.826. The predicted octanol–water partition coefficient (Wildman–Crippen LogP) is 5.54. The van der Waals surface area contributed by atoms with Gasteiger partial charge in [-0.3, -0.25) is 4.99 Å². The SMILES string of the molecule is CCN=Cc1cc(OC)cc(C(C)(C)c2ccccc2)c1O.[Cl][Zr][Cl]. The van der Waals surface area contributed by atoms with Crippen molar-refractivity contribution in [3.8, 4) is 11.5 Å². The molecule has 0 saturated carbocycles. The Morgan fingerprint density at radius 3 is 2.32 bits per heavy atom. The standard InChI is InChI=1S/C19H23NO2.2ClH.Zr/c1-5-20-13-14-11-16(22-4)12-17(18(14)21)19(2,3)15-9-7-6-8-10-15;;;/h6-13,21H,5H2,1-4H3;2*1H;/q;;;+2/p-2. The van der Waals surface area contributed by atoms with Gasteiger partial charge in [-0.25, -0.2) is 0 Å². The van der Waals surface area contributed by atoms with Crippen LogP contribution in [0.4, 0.5) is 0 Å². The molecule has 0 aliphatic rings. The van der Waals surface area contributed by atoms with Crippen molar-refractivity contribution in [2.45, 2.75) is 26.2 Å². The van der Waals surface area contributed by atoms with Crippen LogP contribution >= 0.6 is 17.0 Å². The molecule has 1 N–H and O–H groups in total. The first kappa shape index (κ1) is 22.2. The summed E-state index contributed by atoms with van der Waals surface area (Å²) in [5, 5.41) is 10.7. The van der Waals surface area contributed by atoms with Gasteiger partial charge in [0.1, 0.15) is 11.5 Å². The van der Waals surface area contributed by atoms with E-state index in [0.717, 1.165) is 11.1 Å². The molecule has 2 aromatic carbocycles. The Morgan fingerprint density at radius 2 is 1.80 bits per heavy atom. The van der Waals surface area contributed by atoms with Crippen LogP contribution in [0.3, 0.4) is 0 Å². The van der Waals surface area contributed by atoms with E-state index in [1.165, 1.54) is 0 Å². The molecule has 6 heteroatoms. The molecule has 0 heterocycles. The monoisotopic (exact) mass is 457 g/mol. The van der Waals surface area contributed by atoms with Gasteiger partial charge in [-0.15, -0.1) is 0 Å². The van der Waals surface area contributed by atoms with Crippen molar-refractivity contribution in [3.63, 3.8) is 0 Å². The van der Waals surface area contributed by atoms with E-state index in [4.69, 9.17) is 21.8 Å². The molecule has 0 bridgehead atoms. The fourth-order valence-corrected chi connectivity index (χ4v) is 2.52. The molecule has 3 nitrogen and oxygen atoms in total. The summed E-state index contributed by atoms with van der Waals surface area (Å²) < 4.78 is 5.39. The third-order valence-corrected chi connectivity index (χ3v) is 3.93. The van der Waals surface area contributed by atoms with E-state index in [-0.39, 0.29) is 11.2 Å². The number of hydrogen-bond acceptors (Lipinski definition) is 3. The first-order chi connectivity index (χ1) is 11.9. The first-order valence-electron chi connectivity index (χ1n) is 7.85. The van der Waals surface area contributed by atoms with Crippen LogP contribution in [0.25, 0.3) is 0 Å². The molecule has 0 saturated heterocycles. The Labute approximate surface area is 168 Å². The van der Waals surface area contributed by atoms with Crippen molar-refractivity contribution in [2.75, 3.05) is 13.7 Å². The number of ether oxygens (including phenoxy) is 1. The molecule has 25 heavy (non-hydrogen) atoms. The molecule has 0 amide bonds. The zero-order valence-corrected chi connectivity index (χ0v) is 18.9. The molecule has 0 aliphatic heterocycles. The van der Waals surface area contributed by atoms with Crippen LogP contribution in [-0.4, -0.2) is 25.0 Å². The van der Waals surface area contributed by atoms with E-state index >= 15 is 0 Å². The van der Waals surface area contributed by atoms with Crippen LogP contribution in [0.2, 0.25) is 0 Å². The van der Waals surface area contributed by atoms with Crippen LogP contribution in [0, 0.1) is 0 Å². The Kier molecular flexibility index (Phi) is 9.78. The van der Waals surface area contributed by atoms with Gasteiger partial charge < -0.3 is 9.84 Å². The summed E-state index contributed by atoms with van der Waals surface area (Å²) in [4.78, 5) is 4.23. The van der Waals surface area contributed by atoms with Crippen LogP contribution in [0.1, 0.15) is 37.5 Å². The van der Waals surface area contributed by atoms with Crippen molar-refractivity contribution in [1.82, 2.24) is 0 Å². The predicted molar refractivity (Wildman–Crippen MR) is 103 cm³/mol. The zero-order valence-electron chi connectivity index (χ0n) is 14.9. The van der Waals surface area contributed by atoms with Crippen LogP contribution < -0.4 is 4.74 Å². The topological polar surface area (TPSA) is 41.8 Å². The number of methoxy groups -OCH3 is 1. The van der Waals surface area contributed by atoms with Gasteiger partial charge in [0.2, 0.25) is 0 Å². The maximum absolute atomic E-state index is 10.7. The molecule has 0 aromatic heterocycles. The molecule has 2 rings (SSSR count). The van der Waals surface area contributed by atoms with Gasteiger partial charge in [0.25, 0.3) is 0 Å². The van der Waals surface area contributed by atoms with Crippen molar-refractivity contribution in [2.24, 2.45) is 4.99 Å². The zero-order chi connectivity index (χ0) is 18.9. The van der Waals surface area contributed by atoms with Crippen molar-refractivity contribution in [3.05, 3.63) is 59.2 Å². The summed E-state index contributed by atoms with van der Waals surface area (Å²) in [5.41, 5.74) is 2.31. The molecule has 0 aliphatic carbocycles. The molecule has 0 fully saturated rings. The van der Waals surface area contributed by atoms with E-state index < -0.39 is 20.8 Å². The molecular formula is C19H23Cl2NO2Zr. The average Bonchev–Trinajstić information content (AvgIpc) is 2.62. The first-order valence-corrected chi connectivity index (χ1v) is 14.2. The van der Waals surface area contributed by atoms with Crippen LogP contribution in [0.15, 0.2) is 47.5 Å². The van der Waals surface area contributed by atoms with Gasteiger partial charge in [0, 0.05) is 29.3 Å². The fraction of sp³-hybridized carbons (Fsp3) is 0.316. The summed E-state index contributed by atoms with van der Waals surface area (Å²) in [6, 6.07) is 13.8. The number of hydrogen-bond donors (Lipinski definition) is 1. The van der Waals surface area contributed by atoms with Gasteiger partial charge in [-0.1, -0.05) is 44.2 Å². The fourth-order valence-electron chi connectivity index (χ4n) is 2.52. The molecule has 0 unspecified atom stereocenters. The number of aliphatic imine (C=N–C) groups is 1. The van der Waals surface area contributed by atoms with Crippen molar-refractivity contribution >= 4 is 23.2 Å². The van der Waals surface area contributed by atoms with Gasteiger partial charge in [0.15, 0.2) is 0 Å². The number of nitrogens with zero attached hydrogens (tertiary/aromatic N) is 1. The van der Waals surface area contributed by atoms with E-state index in [9.17, 15) is 5.11 Å². The number of phenols is 1. The van der Waals surface area contributed by atoms with E-state index in [1.54, 1.807) is 19.4 Å². The third-order valence-electron chi connectivity index (χ3n) is 3.93. The Bertz CT molecular complexity index is 691. The minimum absolute atomic E-state index is 0.256. The van der Waals surface area contributed by atoms with Gasteiger partial charge in [-0.05, 0) is 24.6 Å². The second kappa shape index (κ2) is 11.0. The number of rotatable bonds is 5. The van der Waals surface area contributed by atoms with Crippen molar-refractivity contribution < 1.29 is 30.7 Å². The number of aromatic hydroxyl groups is 1. The molecule has 0 spiro atoms. The third kappa shape index (κ3) is 6.13. The molecule has 2 aromatic rings. The number of benzene rings is 2. The van der Waals surface area contributed by atoms with E-state index in [0.29, 0.717) is 17.9 Å². The van der Waals surface area contributed by atoms with Gasteiger partial charge in [0.05, 0.1) is 7.11 Å². The summed E-state index contributed by atoms with van der Waals surface area (Å²) in [5.74, 6) is 0.973. The van der Waals surface area contributed by atoms with Crippen molar-refractivity contribution in [1.29, 1.82) is 0 Å². The van der Waals surface area contributed by atoms with Crippen LogP contribution in [0.5, 0.6) is 11.5 Å². The Balaban J connectivity index is 0.000000970. The molecular weight excluding hydrogens is 436 g/mol. The molecule has 0 atom stereocenters. The number of phenolic OH excluding ortho intramolecular Hbond substituents is 1. The average molecular weight is 460 g/mol. The van der Waals surface area contributed by atoms with Crippen LogP contribution in [-0.2, 0) is 26.3 Å². The second-order valence-corrected chi connectivity index (χ2v) is 9.53. The molecule has 134 valence electrons. The Morgan fingerprint density at radius 1 is 1.20 bits per heavy atom. The second-order valence-electron chi connectivity index (χ2n) is 5.80. The summed E-state index contributed by atoms with van der Waals surface area (Å²) in [6.07, 6.45) is 1.70. The van der Waals surface area contributed by atoms with E-state index in [2.05, 4.69) is 31.0 Å².